The Labute approximate surface area is 104 Å². The van der Waals surface area contributed by atoms with Crippen LogP contribution in [0.5, 0.6) is 5.75 Å². The molecule has 1 nitrogen and oxygen atoms in total. The molecule has 0 radical (unpaired) electrons. The maximum Gasteiger partial charge on any atom is 0.127 e. The van der Waals surface area contributed by atoms with Gasteiger partial charge in [-0.05, 0) is 35.4 Å². The molecule has 0 saturated carbocycles. The van der Waals surface area contributed by atoms with Crippen molar-refractivity contribution in [3.8, 4) is 5.75 Å². The smallest absolute Gasteiger partial charge is 0.127 e. The molecule has 2 heteroatoms. The van der Waals surface area contributed by atoms with Crippen molar-refractivity contribution in [3.05, 3.63) is 29.6 Å². The SMILES string of the molecule is CC(C)c1cc(F)cc(OCC(C)C(C)C)c1. The number of hydrogen-bond acceptors (Lipinski definition) is 1. The van der Waals surface area contributed by atoms with Crippen LogP contribution in [-0.2, 0) is 0 Å². The van der Waals surface area contributed by atoms with E-state index in [4.69, 9.17) is 4.74 Å². The average Bonchev–Trinajstić information content (AvgIpc) is 2.24. The summed E-state index contributed by atoms with van der Waals surface area (Å²) < 4.78 is 19.1. The number of ether oxygens (including phenoxy) is 1. The molecule has 0 aliphatic carbocycles. The Morgan fingerprint density at radius 3 is 2.24 bits per heavy atom. The molecular weight excluding hydrogens is 215 g/mol. The first kappa shape index (κ1) is 14.0. The highest BCUT2D eigenvalue weighted by Crippen LogP contribution is 2.23. The largest absolute Gasteiger partial charge is 0.493 e. The van der Waals surface area contributed by atoms with Gasteiger partial charge in [0.25, 0.3) is 0 Å². The third-order valence-corrected chi connectivity index (χ3v) is 3.21. The van der Waals surface area contributed by atoms with E-state index in [2.05, 4.69) is 34.6 Å². The van der Waals surface area contributed by atoms with Crippen molar-refractivity contribution < 1.29 is 9.13 Å². The molecule has 1 rings (SSSR count). The monoisotopic (exact) mass is 238 g/mol. The van der Waals surface area contributed by atoms with E-state index in [-0.39, 0.29) is 5.82 Å². The minimum Gasteiger partial charge on any atom is -0.493 e. The van der Waals surface area contributed by atoms with E-state index in [1.165, 1.54) is 6.07 Å². The summed E-state index contributed by atoms with van der Waals surface area (Å²) in [6.07, 6.45) is 0. The zero-order valence-corrected chi connectivity index (χ0v) is 11.5. The van der Waals surface area contributed by atoms with Crippen LogP contribution in [-0.4, -0.2) is 6.61 Å². The molecule has 0 saturated heterocycles. The van der Waals surface area contributed by atoms with Gasteiger partial charge in [0.05, 0.1) is 6.61 Å². The Morgan fingerprint density at radius 1 is 1.06 bits per heavy atom. The van der Waals surface area contributed by atoms with Gasteiger partial charge >= 0.3 is 0 Å². The molecule has 1 aromatic carbocycles. The number of rotatable bonds is 5. The minimum atomic E-state index is -0.219. The van der Waals surface area contributed by atoms with Gasteiger partial charge in [-0.15, -0.1) is 0 Å². The van der Waals surface area contributed by atoms with Crippen LogP contribution in [0, 0.1) is 17.7 Å². The topological polar surface area (TPSA) is 9.23 Å². The van der Waals surface area contributed by atoms with Gasteiger partial charge in [0.2, 0.25) is 0 Å². The summed E-state index contributed by atoms with van der Waals surface area (Å²) in [5.74, 6) is 1.79. The fourth-order valence-corrected chi connectivity index (χ4v) is 1.42. The van der Waals surface area contributed by atoms with Crippen molar-refractivity contribution in [2.75, 3.05) is 6.61 Å². The standard InChI is InChI=1S/C15H23FO/c1-10(2)12(5)9-17-15-7-13(11(3)4)6-14(16)8-15/h6-8,10-12H,9H2,1-5H3. The van der Waals surface area contributed by atoms with Crippen LogP contribution in [0.15, 0.2) is 18.2 Å². The predicted octanol–water partition coefficient (Wildman–Crippen LogP) is 4.62. The molecule has 0 fully saturated rings. The summed E-state index contributed by atoms with van der Waals surface area (Å²) in [5.41, 5.74) is 0.984. The van der Waals surface area contributed by atoms with Gasteiger partial charge in [0.1, 0.15) is 11.6 Å². The second kappa shape index (κ2) is 6.04. The van der Waals surface area contributed by atoms with E-state index in [1.807, 2.05) is 6.07 Å². The van der Waals surface area contributed by atoms with Crippen molar-refractivity contribution in [2.24, 2.45) is 11.8 Å². The first-order chi connectivity index (χ1) is 7.90. The van der Waals surface area contributed by atoms with Crippen molar-refractivity contribution >= 4 is 0 Å². The van der Waals surface area contributed by atoms with Crippen molar-refractivity contribution in [3.63, 3.8) is 0 Å². The quantitative estimate of drug-likeness (QED) is 0.727. The lowest BCUT2D eigenvalue weighted by atomic mass is 9.99. The molecule has 0 aliphatic heterocycles. The summed E-state index contributed by atoms with van der Waals surface area (Å²) >= 11 is 0. The molecule has 0 N–H and O–H groups in total. The molecule has 1 unspecified atom stereocenters. The average molecular weight is 238 g/mol. The Morgan fingerprint density at radius 2 is 1.71 bits per heavy atom. The molecule has 1 atom stereocenters. The number of hydrogen-bond donors (Lipinski definition) is 0. The first-order valence-electron chi connectivity index (χ1n) is 6.33. The molecular formula is C15H23FO. The number of halogens is 1. The third-order valence-electron chi connectivity index (χ3n) is 3.21. The summed E-state index contributed by atoms with van der Waals surface area (Å²) in [7, 11) is 0. The van der Waals surface area contributed by atoms with Crippen molar-refractivity contribution in [1.29, 1.82) is 0 Å². The van der Waals surface area contributed by atoms with Crippen LogP contribution in [0.3, 0.4) is 0 Å². The van der Waals surface area contributed by atoms with Crippen molar-refractivity contribution in [2.45, 2.75) is 40.5 Å². The van der Waals surface area contributed by atoms with Crippen LogP contribution in [0.25, 0.3) is 0 Å². The second-order valence-corrected chi connectivity index (χ2v) is 5.41. The molecule has 0 bridgehead atoms. The predicted molar refractivity (Wildman–Crippen MR) is 70.0 cm³/mol. The molecule has 0 aliphatic rings. The van der Waals surface area contributed by atoms with Gasteiger partial charge in [-0.2, -0.15) is 0 Å². The second-order valence-electron chi connectivity index (χ2n) is 5.41. The lowest BCUT2D eigenvalue weighted by molar-refractivity contribution is 0.222. The summed E-state index contributed by atoms with van der Waals surface area (Å²) in [6.45, 7) is 11.2. The van der Waals surface area contributed by atoms with Gasteiger partial charge in [0.15, 0.2) is 0 Å². The Balaban J connectivity index is 2.71. The zero-order valence-electron chi connectivity index (χ0n) is 11.5. The third kappa shape index (κ3) is 4.37. The number of benzene rings is 1. The summed E-state index contributed by atoms with van der Waals surface area (Å²) in [5, 5.41) is 0. The molecule has 17 heavy (non-hydrogen) atoms. The Kier molecular flexibility index (Phi) is 4.98. The highest BCUT2D eigenvalue weighted by molar-refractivity contribution is 5.31. The maximum absolute atomic E-state index is 13.4. The van der Waals surface area contributed by atoms with Crippen LogP contribution in [0.2, 0.25) is 0 Å². The molecule has 0 aromatic heterocycles. The van der Waals surface area contributed by atoms with Gasteiger partial charge in [0, 0.05) is 6.07 Å². The Hall–Kier alpha value is -1.05. The minimum absolute atomic E-state index is 0.219. The molecule has 96 valence electrons. The van der Waals surface area contributed by atoms with Crippen LogP contribution >= 0.6 is 0 Å². The van der Waals surface area contributed by atoms with Gasteiger partial charge in [-0.1, -0.05) is 34.6 Å². The highest BCUT2D eigenvalue weighted by Gasteiger charge is 2.09. The van der Waals surface area contributed by atoms with E-state index in [0.717, 1.165) is 5.56 Å². The van der Waals surface area contributed by atoms with E-state index in [9.17, 15) is 4.39 Å². The van der Waals surface area contributed by atoms with Crippen LogP contribution in [0.4, 0.5) is 4.39 Å². The van der Waals surface area contributed by atoms with Gasteiger partial charge < -0.3 is 4.74 Å². The lowest BCUT2D eigenvalue weighted by Crippen LogP contribution is -2.14. The first-order valence-corrected chi connectivity index (χ1v) is 6.33. The summed E-state index contributed by atoms with van der Waals surface area (Å²) in [4.78, 5) is 0. The fourth-order valence-electron chi connectivity index (χ4n) is 1.42. The molecule has 0 spiro atoms. The fraction of sp³-hybridized carbons (Fsp3) is 0.600. The van der Waals surface area contributed by atoms with Crippen LogP contribution in [0.1, 0.15) is 46.1 Å². The lowest BCUT2D eigenvalue weighted by Gasteiger charge is -2.17. The zero-order chi connectivity index (χ0) is 13.0. The van der Waals surface area contributed by atoms with Crippen molar-refractivity contribution in [1.82, 2.24) is 0 Å². The molecule has 0 heterocycles. The maximum atomic E-state index is 13.4. The Bertz CT molecular complexity index is 358. The molecule has 0 amide bonds. The normalized spacial score (nSPS) is 13.2. The van der Waals surface area contributed by atoms with E-state index in [1.54, 1.807) is 6.07 Å². The van der Waals surface area contributed by atoms with E-state index >= 15 is 0 Å². The van der Waals surface area contributed by atoms with E-state index in [0.29, 0.717) is 30.1 Å². The highest BCUT2D eigenvalue weighted by atomic mass is 19.1. The van der Waals surface area contributed by atoms with Gasteiger partial charge in [-0.25, -0.2) is 4.39 Å². The van der Waals surface area contributed by atoms with Gasteiger partial charge in [-0.3, -0.25) is 0 Å². The van der Waals surface area contributed by atoms with Crippen LogP contribution < -0.4 is 4.74 Å². The summed E-state index contributed by atoms with van der Waals surface area (Å²) in [6, 6.07) is 4.96. The molecule has 1 aromatic rings. The van der Waals surface area contributed by atoms with E-state index < -0.39 is 0 Å².